The van der Waals surface area contributed by atoms with Crippen LogP contribution in [-0.4, -0.2) is 16.0 Å². The molecule has 1 unspecified atom stereocenters. The molecule has 6 heteroatoms. The number of thiocarbonyl (C=S) groups is 1. The second-order valence-corrected chi connectivity index (χ2v) is 9.40. The number of oxazole rings is 1. The molecule has 37 heavy (non-hydrogen) atoms. The van der Waals surface area contributed by atoms with Gasteiger partial charge in [0.1, 0.15) is 5.52 Å². The van der Waals surface area contributed by atoms with Crippen LogP contribution in [-0.2, 0) is 0 Å². The van der Waals surface area contributed by atoms with E-state index in [0.29, 0.717) is 17.4 Å². The summed E-state index contributed by atoms with van der Waals surface area (Å²) in [4.78, 5) is 17.4. The van der Waals surface area contributed by atoms with Gasteiger partial charge in [0.25, 0.3) is 5.91 Å². The minimum Gasteiger partial charge on any atom is -0.436 e. The number of amides is 1. The van der Waals surface area contributed by atoms with Crippen molar-refractivity contribution < 1.29 is 9.21 Å². The van der Waals surface area contributed by atoms with Gasteiger partial charge in [-0.05, 0) is 83.7 Å². The van der Waals surface area contributed by atoms with Gasteiger partial charge < -0.3 is 9.73 Å². The highest BCUT2D eigenvalue weighted by Gasteiger charge is 2.13. The first-order valence-electron chi connectivity index (χ1n) is 12.3. The molecule has 2 N–H and O–H groups in total. The van der Waals surface area contributed by atoms with Crippen molar-refractivity contribution in [3.05, 3.63) is 108 Å². The topological polar surface area (TPSA) is 67.2 Å². The summed E-state index contributed by atoms with van der Waals surface area (Å²) in [6.07, 6.45) is 1.07. The molecule has 0 radical (unpaired) electrons. The molecule has 0 bridgehead atoms. The number of carbonyl (C=O) groups excluding carboxylic acids is 1. The van der Waals surface area contributed by atoms with Crippen molar-refractivity contribution in [1.29, 1.82) is 0 Å². The molecule has 0 aliphatic carbocycles. The Hall–Kier alpha value is -4.29. The monoisotopic (exact) mass is 505 g/mol. The van der Waals surface area contributed by atoms with Crippen LogP contribution in [0.1, 0.15) is 42.1 Å². The molecule has 0 aliphatic heterocycles. The lowest BCUT2D eigenvalue weighted by atomic mass is 9.98. The third-order valence-corrected chi connectivity index (χ3v) is 6.65. The zero-order valence-corrected chi connectivity index (χ0v) is 21.5. The van der Waals surface area contributed by atoms with Gasteiger partial charge in [-0.25, -0.2) is 4.98 Å². The van der Waals surface area contributed by atoms with Crippen LogP contribution in [0.2, 0.25) is 0 Å². The van der Waals surface area contributed by atoms with E-state index in [4.69, 9.17) is 21.6 Å². The lowest BCUT2D eigenvalue weighted by Gasteiger charge is -2.10. The molecule has 1 heterocycles. The number of carbonyl (C=O) groups is 1. The molecule has 5 aromatic rings. The minimum atomic E-state index is -0.274. The Morgan fingerprint density at radius 2 is 1.62 bits per heavy atom. The smallest absolute Gasteiger partial charge is 0.257 e. The van der Waals surface area contributed by atoms with Crippen molar-refractivity contribution in [3.8, 4) is 22.6 Å². The molecule has 4 aromatic carbocycles. The minimum absolute atomic E-state index is 0.213. The number of benzene rings is 4. The molecular weight excluding hydrogens is 478 g/mol. The second kappa shape index (κ2) is 10.8. The van der Waals surface area contributed by atoms with Crippen molar-refractivity contribution in [1.82, 2.24) is 10.3 Å². The zero-order valence-electron chi connectivity index (χ0n) is 20.7. The number of aromatic nitrogens is 1. The summed E-state index contributed by atoms with van der Waals surface area (Å²) in [7, 11) is 0. The maximum Gasteiger partial charge on any atom is 0.257 e. The van der Waals surface area contributed by atoms with Crippen LogP contribution >= 0.6 is 12.2 Å². The van der Waals surface area contributed by atoms with Crippen LogP contribution in [0.4, 0.5) is 5.69 Å². The lowest BCUT2D eigenvalue weighted by Crippen LogP contribution is -2.34. The number of rotatable bonds is 6. The van der Waals surface area contributed by atoms with Crippen LogP contribution in [0.3, 0.4) is 0 Å². The summed E-state index contributed by atoms with van der Waals surface area (Å²) >= 11 is 5.40. The maximum atomic E-state index is 12.7. The first-order valence-corrected chi connectivity index (χ1v) is 12.7. The molecule has 5 nitrogen and oxygen atoms in total. The third-order valence-electron chi connectivity index (χ3n) is 6.44. The Morgan fingerprint density at radius 1 is 0.892 bits per heavy atom. The van der Waals surface area contributed by atoms with Crippen molar-refractivity contribution in [2.45, 2.75) is 26.2 Å². The van der Waals surface area contributed by atoms with Gasteiger partial charge in [0.05, 0.1) is 0 Å². The summed E-state index contributed by atoms with van der Waals surface area (Å²) in [6.45, 7) is 4.38. The largest absolute Gasteiger partial charge is 0.436 e. The van der Waals surface area contributed by atoms with E-state index in [1.165, 1.54) is 5.56 Å². The number of hydrogen-bond donors (Lipinski definition) is 2. The van der Waals surface area contributed by atoms with Crippen molar-refractivity contribution >= 4 is 40.0 Å². The highest BCUT2D eigenvalue weighted by atomic mass is 32.1. The molecule has 1 atom stereocenters. The molecule has 0 fully saturated rings. The molecule has 5 rings (SSSR count). The molecule has 184 valence electrons. The van der Waals surface area contributed by atoms with E-state index >= 15 is 0 Å². The molecule has 0 aliphatic rings. The van der Waals surface area contributed by atoms with Gasteiger partial charge >= 0.3 is 0 Å². The van der Waals surface area contributed by atoms with E-state index in [-0.39, 0.29) is 11.0 Å². The Kier molecular flexibility index (Phi) is 7.10. The average molecular weight is 506 g/mol. The maximum absolute atomic E-state index is 12.7. The lowest BCUT2D eigenvalue weighted by molar-refractivity contribution is 0.0977. The van der Waals surface area contributed by atoms with E-state index in [1.807, 2.05) is 72.8 Å². The van der Waals surface area contributed by atoms with Crippen molar-refractivity contribution in [2.75, 3.05) is 5.32 Å². The number of fused-ring (bicyclic) bond motifs is 1. The predicted octanol–water partition coefficient (Wildman–Crippen LogP) is 7.80. The summed E-state index contributed by atoms with van der Waals surface area (Å²) in [5.41, 5.74) is 7.06. The van der Waals surface area contributed by atoms with E-state index in [0.717, 1.165) is 39.9 Å². The second-order valence-electron chi connectivity index (χ2n) is 8.99. The van der Waals surface area contributed by atoms with Crippen molar-refractivity contribution in [3.63, 3.8) is 0 Å². The third kappa shape index (κ3) is 5.60. The molecular formula is C31H27N3O2S. The quantitative estimate of drug-likeness (QED) is 0.230. The Bertz CT molecular complexity index is 1560. The fourth-order valence-corrected chi connectivity index (χ4v) is 4.33. The highest BCUT2D eigenvalue weighted by molar-refractivity contribution is 7.80. The van der Waals surface area contributed by atoms with Crippen LogP contribution in [0, 0.1) is 0 Å². The first kappa shape index (κ1) is 24.4. The SMILES string of the molecule is CCC(C)c1ccc2oc(-c3cccc(NC(=S)NC(=O)c4ccc(-c5ccccc5)cc4)c3)nc2c1. The van der Waals surface area contributed by atoms with Crippen molar-refractivity contribution in [2.24, 2.45) is 0 Å². The van der Waals surface area contributed by atoms with E-state index in [9.17, 15) is 4.79 Å². The standard InChI is InChI=1S/C31H27N3O2S/c1-3-20(2)24-16-17-28-27(19-24)33-30(36-28)25-10-7-11-26(18-25)32-31(37)34-29(35)23-14-12-22(13-15-23)21-8-5-4-6-9-21/h4-20H,3H2,1-2H3,(H2,32,34,35,37). The summed E-state index contributed by atoms with van der Waals surface area (Å²) in [5.74, 6) is 0.729. The van der Waals surface area contributed by atoms with Crippen LogP contribution in [0.25, 0.3) is 33.7 Å². The summed E-state index contributed by atoms with van der Waals surface area (Å²) < 4.78 is 6.00. The van der Waals surface area contributed by atoms with Gasteiger partial charge in [0.15, 0.2) is 10.7 Å². The van der Waals surface area contributed by atoms with Gasteiger partial charge in [0.2, 0.25) is 5.89 Å². The fraction of sp³-hybridized carbons (Fsp3) is 0.129. The Morgan fingerprint density at radius 3 is 2.38 bits per heavy atom. The van der Waals surface area contributed by atoms with E-state index in [2.05, 4.69) is 36.6 Å². The van der Waals surface area contributed by atoms with E-state index < -0.39 is 0 Å². The summed E-state index contributed by atoms with van der Waals surface area (Å²) in [5, 5.41) is 6.05. The van der Waals surface area contributed by atoms with Gasteiger partial charge in [-0.1, -0.05) is 68.4 Å². The highest BCUT2D eigenvalue weighted by Crippen LogP contribution is 2.29. The van der Waals surface area contributed by atoms with Crippen LogP contribution in [0.5, 0.6) is 0 Å². The van der Waals surface area contributed by atoms with Gasteiger partial charge in [-0.15, -0.1) is 0 Å². The molecule has 0 saturated carbocycles. The van der Waals surface area contributed by atoms with Crippen LogP contribution < -0.4 is 10.6 Å². The molecule has 1 amide bonds. The number of hydrogen-bond acceptors (Lipinski definition) is 4. The molecule has 0 saturated heterocycles. The van der Waals surface area contributed by atoms with Gasteiger partial charge in [-0.2, -0.15) is 0 Å². The molecule has 1 aromatic heterocycles. The predicted molar refractivity (Wildman–Crippen MR) is 154 cm³/mol. The number of nitrogens with one attached hydrogen (secondary N) is 2. The Labute approximate surface area is 221 Å². The molecule has 0 spiro atoms. The summed E-state index contributed by atoms with van der Waals surface area (Å²) in [6, 6.07) is 31.2. The Balaban J connectivity index is 1.26. The normalized spacial score (nSPS) is 11.7. The van der Waals surface area contributed by atoms with Gasteiger partial charge in [-0.3, -0.25) is 10.1 Å². The fourth-order valence-electron chi connectivity index (χ4n) is 4.12. The number of anilines is 1. The average Bonchev–Trinajstić information content (AvgIpc) is 3.37. The number of nitrogens with zero attached hydrogens (tertiary/aromatic N) is 1. The van der Waals surface area contributed by atoms with Crippen LogP contribution in [0.15, 0.2) is 101 Å². The first-order chi connectivity index (χ1) is 18.0. The van der Waals surface area contributed by atoms with Gasteiger partial charge in [0, 0.05) is 16.8 Å². The zero-order chi connectivity index (χ0) is 25.8. The van der Waals surface area contributed by atoms with E-state index in [1.54, 1.807) is 12.1 Å².